The van der Waals surface area contributed by atoms with Crippen LogP contribution in [-0.4, -0.2) is 23.3 Å². The number of nitrogens with one attached hydrogen (secondary N) is 2. The van der Waals surface area contributed by atoms with E-state index in [9.17, 15) is 0 Å². The van der Waals surface area contributed by atoms with Crippen molar-refractivity contribution >= 4 is 29.8 Å². The molecule has 0 bridgehead atoms. The van der Waals surface area contributed by atoms with Crippen LogP contribution in [0.1, 0.15) is 17.7 Å². The van der Waals surface area contributed by atoms with Gasteiger partial charge in [-0.05, 0) is 25.4 Å². The second-order valence-electron chi connectivity index (χ2n) is 3.86. The van der Waals surface area contributed by atoms with Gasteiger partial charge in [0, 0.05) is 17.3 Å². The van der Waals surface area contributed by atoms with Gasteiger partial charge in [-0.2, -0.15) is 0 Å². The Morgan fingerprint density at radius 2 is 2.28 bits per heavy atom. The lowest BCUT2D eigenvalue weighted by molar-refractivity contribution is 0.485. The first-order valence-electron chi connectivity index (χ1n) is 5.54. The second-order valence-corrected chi connectivity index (χ2v) is 4.89. The van der Waals surface area contributed by atoms with Gasteiger partial charge in [0.25, 0.3) is 0 Å². The zero-order chi connectivity index (χ0) is 12.1. The molecule has 1 unspecified atom stereocenters. The highest BCUT2D eigenvalue weighted by Crippen LogP contribution is 2.14. The summed E-state index contributed by atoms with van der Waals surface area (Å²) in [6, 6.07) is 4.95. The molecule has 0 spiro atoms. The van der Waals surface area contributed by atoms with E-state index in [0.29, 0.717) is 18.5 Å². The van der Waals surface area contributed by atoms with E-state index in [2.05, 4.69) is 45.3 Å². The Labute approximate surface area is 116 Å². The fourth-order valence-electron chi connectivity index (χ4n) is 1.53. The Morgan fingerprint density at radius 3 is 2.94 bits per heavy atom. The molecule has 0 aliphatic carbocycles. The third-order valence-electron chi connectivity index (χ3n) is 2.25. The molecule has 2 N–H and O–H groups in total. The highest BCUT2D eigenvalue weighted by atomic mass is 35.5. The summed E-state index contributed by atoms with van der Waals surface area (Å²) in [4.78, 5) is 1.35. The molecule has 0 amide bonds. The van der Waals surface area contributed by atoms with Crippen LogP contribution in [0, 0.1) is 0 Å². The van der Waals surface area contributed by atoms with Gasteiger partial charge in [0.2, 0.25) is 5.89 Å². The molecule has 1 atom stereocenters. The summed E-state index contributed by atoms with van der Waals surface area (Å²) in [7, 11) is 1.84. The molecule has 0 aromatic carbocycles. The van der Waals surface area contributed by atoms with Gasteiger partial charge in [-0.15, -0.1) is 28.8 Å². The predicted octanol–water partition coefficient (Wildman–Crippen LogP) is 2.32. The van der Waals surface area contributed by atoms with Crippen molar-refractivity contribution in [1.82, 2.24) is 15.5 Å². The number of aromatic nitrogens is 2. The van der Waals surface area contributed by atoms with Crippen molar-refractivity contribution in [2.75, 3.05) is 12.4 Å². The van der Waals surface area contributed by atoms with Gasteiger partial charge in [0.1, 0.15) is 0 Å². The SMILES string of the molecule is CNCc1nnc(NC(C)Cc2cccs2)o1.Cl. The zero-order valence-corrected chi connectivity index (χ0v) is 12.0. The van der Waals surface area contributed by atoms with Gasteiger partial charge < -0.3 is 15.1 Å². The van der Waals surface area contributed by atoms with Crippen LogP contribution in [0.4, 0.5) is 6.01 Å². The van der Waals surface area contributed by atoms with Crippen LogP contribution in [0.2, 0.25) is 0 Å². The normalized spacial score (nSPS) is 11.9. The van der Waals surface area contributed by atoms with E-state index in [0.717, 1.165) is 6.42 Å². The van der Waals surface area contributed by atoms with Crippen molar-refractivity contribution in [3.8, 4) is 0 Å². The summed E-state index contributed by atoms with van der Waals surface area (Å²) in [5, 5.41) is 16.1. The maximum atomic E-state index is 5.42. The third-order valence-corrected chi connectivity index (χ3v) is 3.15. The first-order chi connectivity index (χ1) is 8.28. The maximum Gasteiger partial charge on any atom is 0.315 e. The fourth-order valence-corrected chi connectivity index (χ4v) is 2.36. The van der Waals surface area contributed by atoms with Crippen LogP contribution in [0.3, 0.4) is 0 Å². The maximum absolute atomic E-state index is 5.42. The lowest BCUT2D eigenvalue weighted by Gasteiger charge is -2.09. The van der Waals surface area contributed by atoms with E-state index >= 15 is 0 Å². The highest BCUT2D eigenvalue weighted by molar-refractivity contribution is 7.09. The van der Waals surface area contributed by atoms with Crippen molar-refractivity contribution in [3.63, 3.8) is 0 Å². The molecular weight excluding hydrogens is 272 g/mol. The average Bonchev–Trinajstić information content (AvgIpc) is 2.91. The standard InChI is InChI=1S/C11H16N4OS.ClH/c1-8(6-9-4-3-5-17-9)13-11-15-14-10(16-11)7-12-2;/h3-5,8,12H,6-7H2,1-2H3,(H,13,15);1H. The first kappa shape index (κ1) is 14.9. The number of halogens is 1. The number of hydrogen-bond acceptors (Lipinski definition) is 6. The quantitative estimate of drug-likeness (QED) is 0.854. The molecule has 2 heterocycles. The molecule has 2 aromatic rings. The predicted molar refractivity (Wildman–Crippen MR) is 75.4 cm³/mol. The number of thiophene rings is 1. The minimum atomic E-state index is 0. The van der Waals surface area contributed by atoms with E-state index in [1.165, 1.54) is 4.88 Å². The number of nitrogens with zero attached hydrogens (tertiary/aromatic N) is 2. The highest BCUT2D eigenvalue weighted by Gasteiger charge is 2.09. The summed E-state index contributed by atoms with van der Waals surface area (Å²) < 4.78 is 5.42. The monoisotopic (exact) mass is 288 g/mol. The number of hydrogen-bond donors (Lipinski definition) is 2. The average molecular weight is 289 g/mol. The van der Waals surface area contributed by atoms with Crippen LogP contribution < -0.4 is 10.6 Å². The van der Waals surface area contributed by atoms with Crippen LogP contribution >= 0.6 is 23.7 Å². The molecule has 0 saturated heterocycles. The molecule has 18 heavy (non-hydrogen) atoms. The number of anilines is 1. The van der Waals surface area contributed by atoms with Crippen LogP contribution in [0.5, 0.6) is 0 Å². The minimum Gasteiger partial charge on any atom is -0.407 e. The molecule has 0 fully saturated rings. The second kappa shape index (κ2) is 7.35. The van der Waals surface area contributed by atoms with Crippen molar-refractivity contribution in [3.05, 3.63) is 28.3 Å². The molecule has 0 aliphatic heterocycles. The van der Waals surface area contributed by atoms with Crippen molar-refractivity contribution in [1.29, 1.82) is 0 Å². The molecule has 0 saturated carbocycles. The molecule has 2 rings (SSSR count). The summed E-state index contributed by atoms with van der Waals surface area (Å²) >= 11 is 1.76. The Morgan fingerprint density at radius 1 is 1.44 bits per heavy atom. The van der Waals surface area contributed by atoms with Crippen molar-refractivity contribution in [2.24, 2.45) is 0 Å². The van der Waals surface area contributed by atoms with E-state index < -0.39 is 0 Å². The molecular formula is C11H17ClN4OS. The zero-order valence-electron chi connectivity index (χ0n) is 10.3. The van der Waals surface area contributed by atoms with Crippen molar-refractivity contribution in [2.45, 2.75) is 25.9 Å². The topological polar surface area (TPSA) is 63.0 Å². The van der Waals surface area contributed by atoms with Gasteiger partial charge in [0.15, 0.2) is 0 Å². The summed E-state index contributed by atoms with van der Waals surface area (Å²) in [6.07, 6.45) is 0.960. The van der Waals surface area contributed by atoms with Gasteiger partial charge in [-0.1, -0.05) is 11.2 Å². The first-order valence-corrected chi connectivity index (χ1v) is 6.42. The Balaban J connectivity index is 0.00000162. The molecule has 0 radical (unpaired) electrons. The minimum absolute atomic E-state index is 0. The molecule has 2 aromatic heterocycles. The van der Waals surface area contributed by atoms with Crippen LogP contribution in [0.25, 0.3) is 0 Å². The van der Waals surface area contributed by atoms with Gasteiger partial charge in [-0.3, -0.25) is 0 Å². The van der Waals surface area contributed by atoms with E-state index in [1.807, 2.05) is 7.05 Å². The smallest absolute Gasteiger partial charge is 0.315 e. The largest absolute Gasteiger partial charge is 0.407 e. The van der Waals surface area contributed by atoms with Gasteiger partial charge >= 0.3 is 6.01 Å². The Bertz CT molecular complexity index is 446. The number of rotatable bonds is 6. The van der Waals surface area contributed by atoms with Gasteiger partial charge in [-0.25, -0.2) is 0 Å². The molecule has 0 aliphatic rings. The van der Waals surface area contributed by atoms with E-state index in [-0.39, 0.29) is 18.4 Å². The van der Waals surface area contributed by atoms with Crippen LogP contribution in [0.15, 0.2) is 21.9 Å². The molecule has 5 nitrogen and oxygen atoms in total. The van der Waals surface area contributed by atoms with E-state index in [4.69, 9.17) is 4.42 Å². The lowest BCUT2D eigenvalue weighted by Crippen LogP contribution is -2.17. The Kier molecular flexibility index (Phi) is 6.11. The molecule has 7 heteroatoms. The summed E-state index contributed by atoms with van der Waals surface area (Å²) in [5.41, 5.74) is 0. The molecule has 100 valence electrons. The van der Waals surface area contributed by atoms with Crippen molar-refractivity contribution < 1.29 is 4.42 Å². The van der Waals surface area contributed by atoms with E-state index in [1.54, 1.807) is 11.3 Å². The van der Waals surface area contributed by atoms with Crippen LogP contribution in [-0.2, 0) is 13.0 Å². The fraction of sp³-hybridized carbons (Fsp3) is 0.455. The summed E-state index contributed by atoms with van der Waals surface area (Å²) in [6.45, 7) is 2.69. The Hall–Kier alpha value is -1.11. The summed E-state index contributed by atoms with van der Waals surface area (Å²) in [5.74, 6) is 0.596. The third kappa shape index (κ3) is 4.29. The van der Waals surface area contributed by atoms with Gasteiger partial charge in [0.05, 0.1) is 6.54 Å². The lowest BCUT2D eigenvalue weighted by atomic mass is 10.2.